The Balaban J connectivity index is 0. The predicted molar refractivity (Wildman–Crippen MR) is 24.4 cm³/mol. The maximum absolute atomic E-state index is 9.55. The molecule has 0 aromatic rings. The van der Waals surface area contributed by atoms with Gasteiger partial charge in [-0.3, -0.25) is 0 Å². The molecule has 0 atom stereocenters. The second kappa shape index (κ2) is 5.75. The van der Waals surface area contributed by atoms with E-state index in [0.717, 1.165) is 0 Å². The fourth-order valence-corrected chi connectivity index (χ4v) is 0.143. The zero-order valence-electron chi connectivity index (χ0n) is 4.57. The summed E-state index contributed by atoms with van der Waals surface area (Å²) in [4.78, 5) is 19.1. The molecule has 5 heteroatoms. The van der Waals surface area contributed by atoms with E-state index in [1.807, 2.05) is 0 Å². The fraction of sp³-hybridized carbons (Fsp3) is 0. The van der Waals surface area contributed by atoms with Crippen molar-refractivity contribution in [1.82, 2.24) is 0 Å². The minimum atomic E-state index is -1.26. The summed E-state index contributed by atoms with van der Waals surface area (Å²) in [5, 5.41) is 15.6. The summed E-state index contributed by atoms with van der Waals surface area (Å²) in [6.07, 6.45) is 1.12. The van der Waals surface area contributed by atoms with Crippen molar-refractivity contribution in [3.63, 3.8) is 0 Å². The topological polar surface area (TPSA) is 74.6 Å². The Morgan fingerprint density at radius 2 is 1.22 bits per heavy atom. The number of carbonyl (C=O) groups is 2. The summed E-state index contributed by atoms with van der Waals surface area (Å²) >= 11 is 0. The molecule has 0 aromatic carbocycles. The van der Waals surface area contributed by atoms with Gasteiger partial charge >= 0.3 is 11.9 Å². The van der Waals surface area contributed by atoms with E-state index in [1.165, 1.54) is 0 Å². The molecule has 0 amide bonds. The predicted octanol–water partition coefficient (Wildman–Crippen LogP) is -0.291. The van der Waals surface area contributed by atoms with E-state index in [1.54, 1.807) is 0 Å². The number of hydrogen-bond donors (Lipinski definition) is 2. The average Bonchev–Trinajstić information content (AvgIpc) is 1.61. The largest absolute Gasteiger partial charge is 0.478 e. The summed E-state index contributed by atoms with van der Waals surface area (Å²) in [6.45, 7) is 0. The van der Waals surface area contributed by atoms with Gasteiger partial charge in [0.05, 0.1) is 0 Å². The van der Waals surface area contributed by atoms with E-state index in [0.29, 0.717) is 12.2 Å². The molecular weight excluding hydrogens is 313 g/mol. The molecule has 0 radical (unpaired) electrons. The minimum absolute atomic E-state index is 0. The Hall–Kier alpha value is -0.385. The van der Waals surface area contributed by atoms with E-state index >= 15 is 0 Å². The number of aliphatic carboxylic acids is 2. The van der Waals surface area contributed by atoms with Gasteiger partial charge < -0.3 is 10.2 Å². The summed E-state index contributed by atoms with van der Waals surface area (Å²) in [7, 11) is 0. The van der Waals surface area contributed by atoms with Gasteiger partial charge in [-0.15, -0.1) is 0 Å². The van der Waals surface area contributed by atoms with Crippen LogP contribution in [0, 0.1) is 0 Å². The zero-order valence-corrected chi connectivity index (χ0v) is 10.1. The van der Waals surface area contributed by atoms with E-state index in [4.69, 9.17) is 10.2 Å². The fourth-order valence-electron chi connectivity index (χ4n) is 0.143. The molecule has 0 heterocycles. The normalized spacial score (nSPS) is 8.44. The molecular formula is C4H4HgO4. The molecule has 2 N–H and O–H groups in total. The monoisotopic (exact) mass is 318 g/mol. The van der Waals surface area contributed by atoms with Gasteiger partial charge in [0.25, 0.3) is 0 Å². The van der Waals surface area contributed by atoms with Crippen LogP contribution < -0.4 is 0 Å². The van der Waals surface area contributed by atoms with Crippen LogP contribution in [0.15, 0.2) is 12.2 Å². The molecule has 0 aromatic heterocycles. The van der Waals surface area contributed by atoms with Crippen LogP contribution >= 0.6 is 0 Å². The molecule has 0 spiro atoms. The third-order valence-corrected chi connectivity index (χ3v) is 0.368. The van der Waals surface area contributed by atoms with Crippen molar-refractivity contribution < 1.29 is 47.5 Å². The van der Waals surface area contributed by atoms with E-state index in [2.05, 4.69) is 0 Å². The molecule has 0 fully saturated rings. The molecule has 0 unspecified atom stereocenters. The molecule has 0 saturated heterocycles. The van der Waals surface area contributed by atoms with Gasteiger partial charge in [0.2, 0.25) is 0 Å². The molecule has 0 bridgehead atoms. The Morgan fingerprint density at radius 1 is 1.00 bits per heavy atom. The third-order valence-electron chi connectivity index (χ3n) is 0.368. The number of rotatable bonds is 2. The van der Waals surface area contributed by atoms with Crippen molar-refractivity contribution in [2.75, 3.05) is 0 Å². The van der Waals surface area contributed by atoms with Crippen molar-refractivity contribution in [3.05, 3.63) is 12.2 Å². The number of hydrogen-bond acceptors (Lipinski definition) is 2. The molecule has 0 saturated carbocycles. The van der Waals surface area contributed by atoms with Crippen molar-refractivity contribution in [2.24, 2.45) is 0 Å². The molecule has 4 nitrogen and oxygen atoms in total. The van der Waals surface area contributed by atoms with Crippen LogP contribution in [0.25, 0.3) is 0 Å². The maximum atomic E-state index is 9.55. The van der Waals surface area contributed by atoms with Gasteiger partial charge in [-0.2, -0.15) is 0 Å². The number of carboxylic acids is 2. The molecule has 0 aliphatic carbocycles. The molecule has 0 aliphatic heterocycles. The van der Waals surface area contributed by atoms with Gasteiger partial charge in [0, 0.05) is 39.8 Å². The van der Waals surface area contributed by atoms with Crippen molar-refractivity contribution in [3.8, 4) is 0 Å². The Bertz CT molecular complexity index is 124. The first-order chi connectivity index (χ1) is 3.63. The molecule has 0 aliphatic rings. The third kappa shape index (κ3) is 11.3. The van der Waals surface area contributed by atoms with Gasteiger partial charge in [-0.25, -0.2) is 9.59 Å². The van der Waals surface area contributed by atoms with Gasteiger partial charge in [-0.1, -0.05) is 0 Å². The van der Waals surface area contributed by atoms with Gasteiger partial charge in [0.15, 0.2) is 0 Å². The van der Waals surface area contributed by atoms with Crippen LogP contribution in [0.3, 0.4) is 0 Å². The van der Waals surface area contributed by atoms with Crippen molar-refractivity contribution in [2.45, 2.75) is 0 Å². The quantitative estimate of drug-likeness (QED) is 0.542. The van der Waals surface area contributed by atoms with Crippen LogP contribution in [0.2, 0.25) is 0 Å². The smallest absolute Gasteiger partial charge is 0.328 e. The van der Waals surface area contributed by atoms with Crippen LogP contribution in [0.4, 0.5) is 0 Å². The first-order valence-corrected chi connectivity index (χ1v) is 1.77. The zero-order chi connectivity index (χ0) is 6.57. The first-order valence-electron chi connectivity index (χ1n) is 1.77. The van der Waals surface area contributed by atoms with Crippen LogP contribution in [0.1, 0.15) is 0 Å². The van der Waals surface area contributed by atoms with Crippen LogP contribution in [-0.2, 0) is 37.3 Å². The van der Waals surface area contributed by atoms with Crippen molar-refractivity contribution in [1.29, 1.82) is 0 Å². The first kappa shape index (κ1) is 11.4. The van der Waals surface area contributed by atoms with Crippen LogP contribution in [-0.4, -0.2) is 22.2 Å². The summed E-state index contributed by atoms with van der Waals surface area (Å²) in [5.74, 6) is -2.51. The van der Waals surface area contributed by atoms with Crippen LogP contribution in [0.5, 0.6) is 0 Å². The SMILES string of the molecule is O=C(O)/C=C\C(=O)O.[Hg]. The Labute approximate surface area is 71.7 Å². The maximum Gasteiger partial charge on any atom is 0.328 e. The molecule has 9 heavy (non-hydrogen) atoms. The summed E-state index contributed by atoms with van der Waals surface area (Å²) in [6, 6.07) is 0. The van der Waals surface area contributed by atoms with E-state index < -0.39 is 11.9 Å². The summed E-state index contributed by atoms with van der Waals surface area (Å²) in [5.41, 5.74) is 0. The minimum Gasteiger partial charge on any atom is -0.478 e. The van der Waals surface area contributed by atoms with Gasteiger partial charge in [0.1, 0.15) is 0 Å². The standard InChI is InChI=1S/C4H4O4.Hg/c5-3(6)1-2-4(7)8;/h1-2H,(H,5,6)(H,7,8);/b2-1-;. The van der Waals surface area contributed by atoms with E-state index in [9.17, 15) is 9.59 Å². The second-order valence-corrected chi connectivity index (χ2v) is 1.01. The van der Waals surface area contributed by atoms with E-state index in [-0.39, 0.29) is 27.7 Å². The Kier molecular flexibility index (Phi) is 7.29. The molecule has 46 valence electrons. The average molecular weight is 317 g/mol. The number of carboxylic acid groups (broad SMARTS) is 2. The summed E-state index contributed by atoms with van der Waals surface area (Å²) < 4.78 is 0. The Morgan fingerprint density at radius 3 is 1.33 bits per heavy atom. The van der Waals surface area contributed by atoms with Crippen molar-refractivity contribution >= 4 is 11.9 Å². The molecule has 0 rings (SSSR count). The van der Waals surface area contributed by atoms with Gasteiger partial charge in [-0.05, 0) is 0 Å². The second-order valence-electron chi connectivity index (χ2n) is 1.01.